The fourth-order valence-corrected chi connectivity index (χ4v) is 2.84. The molecule has 1 aromatic heterocycles. The minimum atomic E-state index is -0.138. The molecule has 3 rings (SSSR count). The number of rotatable bonds is 7. The molecule has 5 nitrogen and oxygen atoms in total. The number of hydrogen-bond donors (Lipinski definition) is 1. The lowest BCUT2D eigenvalue weighted by atomic mass is 10.2. The first kappa shape index (κ1) is 15.7. The summed E-state index contributed by atoms with van der Waals surface area (Å²) in [4.78, 5) is 33.7. The van der Waals surface area contributed by atoms with Gasteiger partial charge in [0.1, 0.15) is 5.82 Å². The second-order valence-electron chi connectivity index (χ2n) is 6.31. The lowest BCUT2D eigenvalue weighted by Gasteiger charge is -2.22. The lowest BCUT2D eigenvalue weighted by molar-refractivity contribution is -0.131. The molecular weight excluding hydrogens is 290 g/mol. The summed E-state index contributed by atoms with van der Waals surface area (Å²) >= 11 is 0. The Morgan fingerprint density at radius 1 is 1.35 bits per heavy atom. The molecule has 1 heterocycles. The highest BCUT2D eigenvalue weighted by Crippen LogP contribution is 2.30. The van der Waals surface area contributed by atoms with E-state index >= 15 is 0 Å². The van der Waals surface area contributed by atoms with E-state index < -0.39 is 0 Å². The number of amides is 1. The maximum Gasteiger partial charge on any atom is 0.258 e. The minimum absolute atomic E-state index is 0.138. The fraction of sp³-hybridized carbons (Fsp3) is 0.500. The molecule has 1 N–H and O–H groups in total. The number of hydrogen-bond acceptors (Lipinski definition) is 3. The van der Waals surface area contributed by atoms with E-state index in [9.17, 15) is 9.59 Å². The predicted octanol–water partition coefficient (Wildman–Crippen LogP) is 2.50. The van der Waals surface area contributed by atoms with Gasteiger partial charge in [0.05, 0.1) is 10.9 Å². The van der Waals surface area contributed by atoms with Crippen molar-refractivity contribution in [3.05, 3.63) is 40.4 Å². The number of fused-ring (bicyclic) bond motifs is 1. The Morgan fingerprint density at radius 2 is 2.13 bits per heavy atom. The molecule has 122 valence electrons. The Hall–Kier alpha value is -2.17. The number of carbonyl (C=O) groups is 1. The summed E-state index contributed by atoms with van der Waals surface area (Å²) < 4.78 is 0. The highest BCUT2D eigenvalue weighted by atomic mass is 16.2. The molecule has 0 bridgehead atoms. The maximum atomic E-state index is 12.4. The van der Waals surface area contributed by atoms with E-state index in [1.807, 2.05) is 23.1 Å². The Kier molecular flexibility index (Phi) is 4.74. The van der Waals surface area contributed by atoms with Crippen LogP contribution in [0.3, 0.4) is 0 Å². The van der Waals surface area contributed by atoms with E-state index in [0.29, 0.717) is 35.5 Å². The average molecular weight is 313 g/mol. The number of para-hydroxylation sites is 1. The van der Waals surface area contributed by atoms with E-state index in [4.69, 9.17) is 0 Å². The predicted molar refractivity (Wildman–Crippen MR) is 90.3 cm³/mol. The van der Waals surface area contributed by atoms with Crippen molar-refractivity contribution >= 4 is 16.8 Å². The molecule has 1 aliphatic carbocycles. The lowest BCUT2D eigenvalue weighted by Crippen LogP contribution is -2.34. The summed E-state index contributed by atoms with van der Waals surface area (Å²) in [6, 6.07) is 7.27. The molecule has 0 saturated heterocycles. The quantitative estimate of drug-likeness (QED) is 0.854. The van der Waals surface area contributed by atoms with Gasteiger partial charge in [-0.25, -0.2) is 4.98 Å². The zero-order chi connectivity index (χ0) is 16.2. The van der Waals surface area contributed by atoms with Crippen LogP contribution >= 0.6 is 0 Å². The monoisotopic (exact) mass is 313 g/mol. The van der Waals surface area contributed by atoms with Crippen molar-refractivity contribution in [3.8, 4) is 0 Å². The van der Waals surface area contributed by atoms with Crippen molar-refractivity contribution in [1.82, 2.24) is 14.9 Å². The summed E-state index contributed by atoms with van der Waals surface area (Å²) in [7, 11) is 0. The Balaban J connectivity index is 1.66. The van der Waals surface area contributed by atoms with Crippen LogP contribution < -0.4 is 5.56 Å². The average Bonchev–Trinajstić information content (AvgIpc) is 3.36. The van der Waals surface area contributed by atoms with Crippen LogP contribution in [0.15, 0.2) is 29.1 Å². The van der Waals surface area contributed by atoms with Crippen molar-refractivity contribution in [2.45, 2.75) is 39.0 Å². The van der Waals surface area contributed by atoms with Crippen molar-refractivity contribution in [1.29, 1.82) is 0 Å². The first-order chi connectivity index (χ1) is 11.2. The normalized spacial score (nSPS) is 14.1. The third kappa shape index (κ3) is 3.97. The van der Waals surface area contributed by atoms with E-state index in [0.717, 1.165) is 19.5 Å². The molecule has 0 atom stereocenters. The molecule has 1 fully saturated rings. The molecule has 0 radical (unpaired) electrons. The van der Waals surface area contributed by atoms with Crippen molar-refractivity contribution < 1.29 is 4.79 Å². The number of nitrogens with one attached hydrogen (secondary N) is 1. The molecule has 1 aliphatic rings. The number of benzene rings is 1. The second kappa shape index (κ2) is 6.94. The molecule has 5 heteroatoms. The number of aromatic nitrogens is 2. The van der Waals surface area contributed by atoms with Gasteiger partial charge in [0.25, 0.3) is 5.56 Å². The van der Waals surface area contributed by atoms with Crippen molar-refractivity contribution in [2.24, 2.45) is 5.92 Å². The molecule has 23 heavy (non-hydrogen) atoms. The van der Waals surface area contributed by atoms with Crippen LogP contribution in [0.2, 0.25) is 0 Å². The van der Waals surface area contributed by atoms with Crippen LogP contribution in [0, 0.1) is 5.92 Å². The molecule has 0 aliphatic heterocycles. The summed E-state index contributed by atoms with van der Waals surface area (Å²) in [5.74, 6) is 1.45. The molecular formula is C18H23N3O2. The summed E-state index contributed by atoms with van der Waals surface area (Å²) in [5.41, 5.74) is 0.545. The molecule has 2 aromatic rings. The number of aromatic amines is 1. The molecule has 1 saturated carbocycles. The van der Waals surface area contributed by atoms with E-state index in [1.165, 1.54) is 12.8 Å². The summed E-state index contributed by atoms with van der Waals surface area (Å²) in [6.07, 6.45) is 4.33. The van der Waals surface area contributed by atoms with Crippen molar-refractivity contribution in [2.75, 3.05) is 13.1 Å². The highest BCUT2D eigenvalue weighted by molar-refractivity contribution is 5.78. The van der Waals surface area contributed by atoms with E-state index in [-0.39, 0.29) is 11.5 Å². The Bertz CT molecular complexity index is 749. The van der Waals surface area contributed by atoms with Gasteiger partial charge >= 0.3 is 0 Å². The summed E-state index contributed by atoms with van der Waals surface area (Å²) in [5, 5.41) is 0.587. The van der Waals surface area contributed by atoms with Gasteiger partial charge in [-0.1, -0.05) is 19.1 Å². The molecule has 0 spiro atoms. The number of nitrogens with zero attached hydrogens (tertiary/aromatic N) is 2. The number of H-pyrrole nitrogens is 1. The zero-order valence-electron chi connectivity index (χ0n) is 13.5. The first-order valence-electron chi connectivity index (χ1n) is 8.43. The molecule has 1 aromatic carbocycles. The topological polar surface area (TPSA) is 66.1 Å². The fourth-order valence-electron chi connectivity index (χ4n) is 2.84. The van der Waals surface area contributed by atoms with Crippen LogP contribution in [0.25, 0.3) is 10.9 Å². The summed E-state index contributed by atoms with van der Waals surface area (Å²) in [6.45, 7) is 3.79. The van der Waals surface area contributed by atoms with Crippen molar-refractivity contribution in [3.63, 3.8) is 0 Å². The third-order valence-electron chi connectivity index (χ3n) is 4.26. The van der Waals surface area contributed by atoms with Gasteiger partial charge < -0.3 is 9.88 Å². The van der Waals surface area contributed by atoms with Gasteiger partial charge in [-0.2, -0.15) is 0 Å². The van der Waals surface area contributed by atoms with Gasteiger partial charge in [-0.15, -0.1) is 0 Å². The van der Waals surface area contributed by atoms with Gasteiger partial charge in [-0.3, -0.25) is 9.59 Å². The molecule has 0 unspecified atom stereocenters. The van der Waals surface area contributed by atoms with E-state index in [1.54, 1.807) is 6.07 Å². The van der Waals surface area contributed by atoms with Gasteiger partial charge in [0.2, 0.25) is 5.91 Å². The first-order valence-corrected chi connectivity index (χ1v) is 8.43. The third-order valence-corrected chi connectivity index (χ3v) is 4.26. The molecule has 1 amide bonds. The van der Waals surface area contributed by atoms with Crippen LogP contribution in [0.1, 0.15) is 38.4 Å². The number of aryl methyl sites for hydroxylation is 1. The second-order valence-corrected chi connectivity index (χ2v) is 6.31. The number of carbonyl (C=O) groups excluding carboxylic acids is 1. The van der Waals surface area contributed by atoms with Crippen LogP contribution in [-0.4, -0.2) is 33.9 Å². The van der Waals surface area contributed by atoms with E-state index in [2.05, 4.69) is 16.9 Å². The minimum Gasteiger partial charge on any atom is -0.342 e. The smallest absolute Gasteiger partial charge is 0.258 e. The zero-order valence-corrected chi connectivity index (χ0v) is 13.5. The van der Waals surface area contributed by atoms with Gasteiger partial charge in [0, 0.05) is 25.9 Å². The standard InChI is InChI=1S/C18H23N3O2/c1-2-11-21(12-13-7-8-13)17(22)10-9-16-19-15-6-4-3-5-14(15)18(23)20-16/h3-6,13H,2,7-12H2,1H3,(H,19,20,23). The van der Waals surface area contributed by atoms with Crippen LogP contribution in [0.4, 0.5) is 0 Å². The maximum absolute atomic E-state index is 12.4. The van der Waals surface area contributed by atoms with Gasteiger partial charge in [-0.05, 0) is 37.3 Å². The van der Waals surface area contributed by atoms with Crippen LogP contribution in [-0.2, 0) is 11.2 Å². The highest BCUT2D eigenvalue weighted by Gasteiger charge is 2.26. The SMILES string of the molecule is CCCN(CC1CC1)C(=O)CCc1nc2ccccc2c(=O)[nH]1. The Labute approximate surface area is 135 Å². The van der Waals surface area contributed by atoms with Gasteiger partial charge in [0.15, 0.2) is 0 Å². The largest absolute Gasteiger partial charge is 0.342 e. The van der Waals surface area contributed by atoms with Crippen LogP contribution in [0.5, 0.6) is 0 Å². The Morgan fingerprint density at radius 3 is 2.87 bits per heavy atom.